The second-order valence-electron chi connectivity index (χ2n) is 9.98. The number of thiazole rings is 1. The molecule has 0 unspecified atom stereocenters. The van der Waals surface area contributed by atoms with Crippen LogP contribution in [-0.4, -0.2) is 4.57 Å². The highest BCUT2D eigenvalue weighted by Gasteiger charge is 2.32. The van der Waals surface area contributed by atoms with Crippen molar-refractivity contribution in [3.63, 3.8) is 0 Å². The second kappa shape index (κ2) is 10.4. The fourth-order valence-electron chi connectivity index (χ4n) is 5.58. The molecule has 6 heteroatoms. The summed E-state index contributed by atoms with van der Waals surface area (Å²) >= 11 is 7.73. The van der Waals surface area contributed by atoms with Crippen molar-refractivity contribution in [2.45, 2.75) is 25.5 Å². The number of aromatic nitrogens is 1. The molecule has 7 rings (SSSR count). The lowest BCUT2D eigenvalue weighted by atomic mass is 9.83. The molecule has 0 N–H and O–H groups in total. The Balaban J connectivity index is 1.31. The molecule has 5 aromatic rings. The van der Waals surface area contributed by atoms with E-state index in [4.69, 9.17) is 21.3 Å². The molecule has 1 aromatic heterocycles. The summed E-state index contributed by atoms with van der Waals surface area (Å²) in [5.74, 6) is 0.718. The summed E-state index contributed by atoms with van der Waals surface area (Å²) in [4.78, 5) is 19.8. The van der Waals surface area contributed by atoms with Crippen LogP contribution in [0.2, 0.25) is 5.02 Å². The molecule has 2 aliphatic rings. The Labute approximate surface area is 240 Å². The minimum Gasteiger partial charge on any atom is -0.489 e. The van der Waals surface area contributed by atoms with Gasteiger partial charge in [-0.15, -0.1) is 0 Å². The lowest BCUT2D eigenvalue weighted by Crippen LogP contribution is -2.38. The van der Waals surface area contributed by atoms with Gasteiger partial charge in [-0.1, -0.05) is 108 Å². The van der Waals surface area contributed by atoms with Crippen LogP contribution in [-0.2, 0) is 13.0 Å². The van der Waals surface area contributed by atoms with Crippen LogP contribution in [0.4, 0.5) is 0 Å². The molecule has 4 nitrogen and oxygen atoms in total. The van der Waals surface area contributed by atoms with E-state index in [1.807, 2.05) is 77.4 Å². The first-order valence-electron chi connectivity index (χ1n) is 13.3. The quantitative estimate of drug-likeness (QED) is 0.245. The van der Waals surface area contributed by atoms with Crippen molar-refractivity contribution in [1.82, 2.24) is 4.57 Å². The number of halogens is 1. The highest BCUT2D eigenvalue weighted by molar-refractivity contribution is 7.07. The maximum Gasteiger partial charge on any atom is 0.271 e. The third-order valence-corrected chi connectivity index (χ3v) is 8.85. The molecule has 0 bridgehead atoms. The normalized spacial score (nSPS) is 16.1. The zero-order chi connectivity index (χ0) is 27.1. The van der Waals surface area contributed by atoms with Crippen molar-refractivity contribution in [2.75, 3.05) is 0 Å². The lowest BCUT2D eigenvalue weighted by Gasteiger charge is -2.30. The van der Waals surface area contributed by atoms with Crippen molar-refractivity contribution in [2.24, 2.45) is 4.99 Å². The van der Waals surface area contributed by atoms with Gasteiger partial charge in [0.05, 0.1) is 16.3 Å². The monoisotopic (exact) mass is 560 g/mol. The zero-order valence-corrected chi connectivity index (χ0v) is 23.2. The van der Waals surface area contributed by atoms with E-state index in [-0.39, 0.29) is 11.6 Å². The molecule has 1 aliphatic heterocycles. The molecule has 40 heavy (non-hydrogen) atoms. The van der Waals surface area contributed by atoms with Gasteiger partial charge in [0.25, 0.3) is 5.56 Å². The zero-order valence-electron chi connectivity index (χ0n) is 21.6. The largest absolute Gasteiger partial charge is 0.489 e. The average Bonchev–Trinajstić information content (AvgIpc) is 3.30. The van der Waals surface area contributed by atoms with E-state index in [1.165, 1.54) is 28.0 Å². The predicted octanol–water partition coefficient (Wildman–Crippen LogP) is 6.55. The number of ether oxygens (including phenoxy) is 1. The van der Waals surface area contributed by atoms with Gasteiger partial charge >= 0.3 is 0 Å². The summed E-state index contributed by atoms with van der Waals surface area (Å²) in [5.41, 5.74) is 7.60. The summed E-state index contributed by atoms with van der Waals surface area (Å²) < 4.78 is 8.56. The van der Waals surface area contributed by atoms with E-state index in [0.29, 0.717) is 16.2 Å². The van der Waals surface area contributed by atoms with Gasteiger partial charge in [0, 0.05) is 16.1 Å². The van der Waals surface area contributed by atoms with E-state index in [1.54, 1.807) is 0 Å². The van der Waals surface area contributed by atoms with Crippen molar-refractivity contribution >= 4 is 34.7 Å². The van der Waals surface area contributed by atoms with E-state index in [2.05, 4.69) is 36.4 Å². The third-order valence-electron chi connectivity index (χ3n) is 7.50. The fraction of sp³-hybridized carbons (Fsp3) is 0.118. The summed E-state index contributed by atoms with van der Waals surface area (Å²) in [6.07, 6.45) is 3.76. The predicted molar refractivity (Wildman–Crippen MR) is 161 cm³/mol. The standard InChI is InChI=1S/C34H25ClN2O2S/c35-29-16-7-5-13-25(29)21-39-26-14-8-9-22(19-26)20-30-33(38)37-32(24-11-2-1-3-12-24)28-18-17-23-10-4-6-15-27(23)31(28)36-34(37)40-30/h1-16,19-20,32H,17-18,21H2/b30-20-/t32-/m1/s1. The number of allylic oxidation sites excluding steroid dienone is 1. The molecule has 2 heterocycles. The first kappa shape index (κ1) is 24.8. The number of fused-ring (bicyclic) bond motifs is 3. The Hall–Kier alpha value is -4.19. The third kappa shape index (κ3) is 4.51. The van der Waals surface area contributed by atoms with Crippen LogP contribution >= 0.6 is 22.9 Å². The van der Waals surface area contributed by atoms with Gasteiger partial charge < -0.3 is 4.74 Å². The van der Waals surface area contributed by atoms with Crippen LogP contribution in [0.25, 0.3) is 11.8 Å². The number of benzene rings is 4. The number of rotatable bonds is 5. The van der Waals surface area contributed by atoms with Crippen LogP contribution < -0.4 is 19.6 Å². The molecular weight excluding hydrogens is 536 g/mol. The highest BCUT2D eigenvalue weighted by atomic mass is 35.5. The maximum absolute atomic E-state index is 14.0. The number of aryl methyl sites for hydroxylation is 1. The van der Waals surface area contributed by atoms with Crippen LogP contribution in [0, 0.1) is 0 Å². The Morgan fingerprint density at radius 2 is 1.73 bits per heavy atom. The molecule has 0 radical (unpaired) electrons. The molecule has 0 amide bonds. The van der Waals surface area contributed by atoms with E-state index >= 15 is 0 Å². The highest BCUT2D eigenvalue weighted by Crippen LogP contribution is 2.41. The van der Waals surface area contributed by atoms with Gasteiger partial charge in [0.15, 0.2) is 4.80 Å². The maximum atomic E-state index is 14.0. The van der Waals surface area contributed by atoms with Gasteiger partial charge in [-0.3, -0.25) is 9.36 Å². The topological polar surface area (TPSA) is 43.6 Å². The Kier molecular flexibility index (Phi) is 6.46. The van der Waals surface area contributed by atoms with Crippen molar-refractivity contribution in [3.05, 3.63) is 161 Å². The van der Waals surface area contributed by atoms with Crippen LogP contribution in [0.3, 0.4) is 0 Å². The van der Waals surface area contributed by atoms with Crippen LogP contribution in [0.1, 0.15) is 40.3 Å². The average molecular weight is 561 g/mol. The summed E-state index contributed by atoms with van der Waals surface area (Å²) in [6, 6.07) is 34.1. The number of hydrogen-bond donors (Lipinski definition) is 0. The minimum atomic E-state index is -0.173. The molecule has 0 fully saturated rings. The molecule has 1 aliphatic carbocycles. The first-order valence-corrected chi connectivity index (χ1v) is 14.5. The van der Waals surface area contributed by atoms with Gasteiger partial charge in [-0.2, -0.15) is 0 Å². The molecule has 0 saturated carbocycles. The smallest absolute Gasteiger partial charge is 0.271 e. The van der Waals surface area contributed by atoms with Crippen molar-refractivity contribution < 1.29 is 4.74 Å². The molecule has 196 valence electrons. The Morgan fingerprint density at radius 3 is 2.60 bits per heavy atom. The molecule has 0 spiro atoms. The summed E-state index contributed by atoms with van der Waals surface area (Å²) in [6.45, 7) is 0.370. The number of nitrogens with zero attached hydrogens (tertiary/aromatic N) is 2. The van der Waals surface area contributed by atoms with E-state index in [9.17, 15) is 4.79 Å². The van der Waals surface area contributed by atoms with Crippen LogP contribution in [0.5, 0.6) is 5.75 Å². The van der Waals surface area contributed by atoms with Crippen LogP contribution in [0.15, 0.2) is 118 Å². The SMILES string of the molecule is O=c1/c(=C/c2cccc(OCc3ccccc3Cl)c2)sc2n1[C@H](c1ccccc1)C1=C(N=2)c2ccccc2CC1. The van der Waals surface area contributed by atoms with E-state index in [0.717, 1.165) is 45.8 Å². The summed E-state index contributed by atoms with van der Waals surface area (Å²) in [5, 5.41) is 0.679. The molecule has 0 saturated heterocycles. The van der Waals surface area contributed by atoms with E-state index < -0.39 is 0 Å². The van der Waals surface area contributed by atoms with Gasteiger partial charge in [0.1, 0.15) is 12.4 Å². The Bertz CT molecular complexity index is 1960. The molecular formula is C34H25ClN2O2S. The molecule has 1 atom stereocenters. The van der Waals surface area contributed by atoms with Crippen molar-refractivity contribution in [3.8, 4) is 5.75 Å². The van der Waals surface area contributed by atoms with Gasteiger partial charge in [-0.25, -0.2) is 4.99 Å². The summed E-state index contributed by atoms with van der Waals surface area (Å²) in [7, 11) is 0. The lowest BCUT2D eigenvalue weighted by molar-refractivity contribution is 0.306. The van der Waals surface area contributed by atoms with Crippen molar-refractivity contribution in [1.29, 1.82) is 0 Å². The van der Waals surface area contributed by atoms with Gasteiger partial charge in [0.2, 0.25) is 0 Å². The van der Waals surface area contributed by atoms with Gasteiger partial charge in [-0.05, 0) is 59.4 Å². The molecule has 4 aromatic carbocycles. The minimum absolute atomic E-state index is 0.0228. The fourth-order valence-corrected chi connectivity index (χ4v) is 6.77. The number of hydrogen-bond acceptors (Lipinski definition) is 4. The Morgan fingerprint density at radius 1 is 0.925 bits per heavy atom. The second-order valence-corrected chi connectivity index (χ2v) is 11.4. The first-order chi connectivity index (χ1) is 19.7.